The summed E-state index contributed by atoms with van der Waals surface area (Å²) in [7, 11) is 12.6. The summed E-state index contributed by atoms with van der Waals surface area (Å²) in [5.41, 5.74) is 14.1. The number of nitrogens with zero attached hydrogens (tertiary/aromatic N) is 18. The fourth-order valence-corrected chi connectivity index (χ4v) is 14.0. The molecule has 43 nitrogen and oxygen atoms in total. The molecule has 6 aliphatic heterocycles. The van der Waals surface area contributed by atoms with Crippen molar-refractivity contribution in [3.8, 4) is 0 Å². The first-order valence-electron chi connectivity index (χ1n) is 37.7. The molecule has 43 heteroatoms. The van der Waals surface area contributed by atoms with Gasteiger partial charge in [-0.15, -0.1) is 0 Å². The predicted molar refractivity (Wildman–Crippen MR) is 426 cm³/mol. The number of ether oxygens (including phenoxy) is 6. The quantitative estimate of drug-likeness (QED) is 0.0183. The number of aliphatic hydroxyl groups is 1. The van der Waals surface area contributed by atoms with Crippen LogP contribution in [0.1, 0.15) is 157 Å². The van der Waals surface area contributed by atoms with Crippen molar-refractivity contribution in [1.29, 1.82) is 0 Å². The smallest absolute Gasteiger partial charge is 0.407 e. The Morgan fingerprint density at radius 3 is 1.30 bits per heavy atom. The van der Waals surface area contributed by atoms with Crippen molar-refractivity contribution in [2.75, 3.05) is 90.8 Å². The van der Waals surface area contributed by atoms with Crippen molar-refractivity contribution in [3.63, 3.8) is 0 Å². The standard InChI is InChI=1S/C20H30N6O7.C20H30N6O6.C20H30N6O5.C14H25N5O2/c1-10-11(8-12(33-30)13(17(28)31-6)23-19(29)32-7)26-16(27)14-15(24(5)18(26)22-10)25(9-21-14)20(2,3)4;1-10-11(8-12(27)13(17(29)31-6)23-19(30)32-7)26-16(28)14-15(24(5)18(26)22-10)25(9-21-14)20(2,3)4;1-11-13(9-8-12(17(28)30-6)23-19(29)31-7)26-16(27)14-15(24(5)18(26)22-11)25(10-21-14)20(2,3)4;1-14(2,3)19-9-7-11(16)18-13(19)17-8-5-4-6-10(15)12(20)21/h9,12-15,30H,8H2,1-7H3,(H,23,29);9,12-15,27H,8H2,1-7H3,(H,23,30);10,12,14-15H,8-9H2,1-7H3,(H,23,29);7,9-10H,4-6,8,15H2,1-3H3,(H,20,21)(H2,16,17,18). The minimum absolute atomic E-state index is 0.133. The fraction of sp³-hybridized carbons (Fsp3) is 0.649. The van der Waals surface area contributed by atoms with E-state index in [1.807, 2.05) is 105 Å². The number of anilines is 4. The van der Waals surface area contributed by atoms with Crippen LogP contribution in [0.5, 0.6) is 0 Å². The lowest BCUT2D eigenvalue weighted by Crippen LogP contribution is -2.61. The number of nitrogen functional groups attached to an aromatic ring is 1. The lowest BCUT2D eigenvalue weighted by Gasteiger charge is -2.44. The number of amides is 3. The SMILES string of the molecule is CC(C)(C)n1ccc(N)nc1=NCCCCC(N)C(=O)O.COC(=O)NC(C(=O)OC)C(Cc1c(C)nc2n1C(=O)C1N=CN(C(C)(C)C)C1N2C)OO.COC(=O)NC(C(=O)OC)C(O)Cc1c(C)nc2n1C(=O)C1N=CN(C(C)(C)C)C1N2C.COC(=O)NC(CCc1c(C)nc2n1C(=O)C1N=CN(C(C)(C)C)C1N2C)C(=O)OC. The summed E-state index contributed by atoms with van der Waals surface area (Å²) in [4.78, 5) is 174. The van der Waals surface area contributed by atoms with Crippen LogP contribution in [0.15, 0.2) is 32.2 Å². The van der Waals surface area contributed by atoms with Gasteiger partial charge in [-0.25, -0.2) is 48.6 Å². The molecule has 12 atom stereocenters. The number of hydrogen-bond acceptors (Lipinski definition) is 35. The van der Waals surface area contributed by atoms with Gasteiger partial charge >= 0.3 is 42.2 Å². The highest BCUT2D eigenvalue weighted by molar-refractivity contribution is 5.96. The summed E-state index contributed by atoms with van der Waals surface area (Å²) in [6.07, 6.45) is 3.04. The number of methoxy groups -OCH3 is 6. The summed E-state index contributed by atoms with van der Waals surface area (Å²) in [5, 5.41) is 36.0. The Kier molecular flexibility index (Phi) is 29.9. The van der Waals surface area contributed by atoms with E-state index in [-0.39, 0.29) is 77.6 Å². The van der Waals surface area contributed by atoms with Crippen molar-refractivity contribution >= 4 is 103 Å². The third-order valence-electron chi connectivity index (χ3n) is 20.3. The highest BCUT2D eigenvalue weighted by Gasteiger charge is 2.53. The number of carboxylic acids is 1. The van der Waals surface area contributed by atoms with Crippen molar-refractivity contribution in [1.82, 2.24) is 68.9 Å². The van der Waals surface area contributed by atoms with E-state index >= 15 is 0 Å². The molecule has 646 valence electrons. The molecule has 0 saturated heterocycles. The molecule has 10 heterocycles. The maximum absolute atomic E-state index is 13.5. The van der Waals surface area contributed by atoms with Gasteiger partial charge in [0.2, 0.25) is 23.5 Å². The Bertz CT molecular complexity index is 4480. The third kappa shape index (κ3) is 20.6. The summed E-state index contributed by atoms with van der Waals surface area (Å²) in [6, 6.07) is -4.67. The number of carboxylic acid groups (broad SMARTS) is 1. The summed E-state index contributed by atoms with van der Waals surface area (Å²) in [5.74, 6) is -2.19. The highest BCUT2D eigenvalue weighted by atomic mass is 17.1. The molecule has 3 amide bonds. The number of nitrogens with one attached hydrogen (secondary N) is 3. The monoisotopic (exact) mass is 1650 g/mol. The lowest BCUT2D eigenvalue weighted by molar-refractivity contribution is -0.283. The van der Waals surface area contributed by atoms with E-state index in [1.165, 1.54) is 23.4 Å². The Hall–Kier alpha value is -11.3. The topological polar surface area (TPSA) is 524 Å². The van der Waals surface area contributed by atoms with E-state index in [2.05, 4.69) is 126 Å². The van der Waals surface area contributed by atoms with Crippen molar-refractivity contribution in [2.24, 2.45) is 25.7 Å². The maximum atomic E-state index is 13.5. The van der Waals surface area contributed by atoms with Crippen LogP contribution in [0.4, 0.5) is 38.0 Å². The normalized spacial score (nSPS) is 20.1. The van der Waals surface area contributed by atoms with Gasteiger partial charge < -0.3 is 100 Å². The zero-order valence-electron chi connectivity index (χ0n) is 71.0. The van der Waals surface area contributed by atoms with E-state index < -0.39 is 96.7 Å². The van der Waals surface area contributed by atoms with E-state index in [0.29, 0.717) is 82.8 Å². The Morgan fingerprint density at radius 2 is 0.915 bits per heavy atom. The number of aryl methyl sites for hydroxylation is 3. The van der Waals surface area contributed by atoms with Crippen molar-refractivity contribution in [2.45, 2.75) is 244 Å². The first-order chi connectivity index (χ1) is 54.6. The van der Waals surface area contributed by atoms with Gasteiger partial charge in [-0.3, -0.25) is 58.1 Å². The molecule has 0 bridgehead atoms. The second kappa shape index (κ2) is 37.7. The molecular weight excluding hydrogens is 1530 g/mol. The molecule has 12 unspecified atom stereocenters. The van der Waals surface area contributed by atoms with Gasteiger partial charge in [-0.1, -0.05) is 0 Å². The van der Waals surface area contributed by atoms with Crippen LogP contribution in [0.3, 0.4) is 0 Å². The molecule has 4 aromatic heterocycles. The number of fused-ring (bicyclic) bond motifs is 6. The summed E-state index contributed by atoms with van der Waals surface area (Å²) in [6.45, 7) is 30.4. The molecule has 0 spiro atoms. The first kappa shape index (κ1) is 92.8. The van der Waals surface area contributed by atoms with Crippen LogP contribution in [0, 0.1) is 20.8 Å². The number of aromatic nitrogens is 8. The summed E-state index contributed by atoms with van der Waals surface area (Å²) < 4.78 is 34.2. The zero-order valence-corrected chi connectivity index (χ0v) is 71.0. The van der Waals surface area contributed by atoms with Crippen LogP contribution < -0.4 is 47.7 Å². The number of aliphatic imine (C=N–C) groups is 3. The van der Waals surface area contributed by atoms with E-state index in [9.17, 15) is 58.3 Å². The van der Waals surface area contributed by atoms with E-state index in [1.54, 1.807) is 43.5 Å². The number of rotatable bonds is 22. The number of aliphatic carboxylic acids is 1. The van der Waals surface area contributed by atoms with Gasteiger partial charge in [0.15, 0.2) is 30.2 Å². The van der Waals surface area contributed by atoms with Gasteiger partial charge in [-0.05, 0) is 142 Å². The van der Waals surface area contributed by atoms with Gasteiger partial charge in [-0.2, -0.15) is 4.98 Å². The van der Waals surface area contributed by atoms with Crippen LogP contribution in [-0.4, -0.2) is 307 Å². The Labute approximate surface area is 678 Å². The largest absolute Gasteiger partial charge is 0.480 e. The van der Waals surface area contributed by atoms with E-state index in [0.717, 1.165) is 41.3 Å². The van der Waals surface area contributed by atoms with Crippen molar-refractivity contribution in [3.05, 3.63) is 52.0 Å². The minimum Gasteiger partial charge on any atom is -0.480 e. The van der Waals surface area contributed by atoms with Crippen LogP contribution >= 0.6 is 0 Å². The predicted octanol–water partition coefficient (Wildman–Crippen LogP) is 1.99. The van der Waals surface area contributed by atoms with Gasteiger partial charge in [0, 0.05) is 68.9 Å². The second-order valence-corrected chi connectivity index (χ2v) is 32.4. The van der Waals surface area contributed by atoms with Crippen molar-refractivity contribution < 1.29 is 96.7 Å². The molecule has 0 aromatic carbocycles. The molecular formula is C74H115N23O20. The average Bonchev–Trinajstić information content (AvgIpc) is 1.59. The van der Waals surface area contributed by atoms with Gasteiger partial charge in [0.25, 0.3) is 17.7 Å². The number of carbonyl (C=O) groups is 10. The molecule has 4 aromatic rings. The van der Waals surface area contributed by atoms with Crippen LogP contribution in [0.25, 0.3) is 0 Å². The molecule has 0 aliphatic carbocycles. The molecule has 117 heavy (non-hydrogen) atoms. The van der Waals surface area contributed by atoms with Crippen LogP contribution in [-0.2, 0) is 77.3 Å². The molecule has 0 radical (unpaired) electrons. The number of unbranched alkanes of at least 4 members (excludes halogenated alkanes) is 1. The first-order valence-corrected chi connectivity index (χ1v) is 37.7. The fourth-order valence-electron chi connectivity index (χ4n) is 14.0. The number of esters is 3. The molecule has 0 fully saturated rings. The molecule has 10 N–H and O–H groups in total. The summed E-state index contributed by atoms with van der Waals surface area (Å²) >= 11 is 0. The minimum atomic E-state index is -1.40. The van der Waals surface area contributed by atoms with Crippen LogP contribution in [0.2, 0.25) is 0 Å². The number of carbonyl (C=O) groups excluding carboxylic acids is 9. The molecule has 0 saturated carbocycles. The Balaban J connectivity index is 0.000000218. The number of aliphatic hydroxyl groups excluding tert-OH is 1. The molecule has 10 rings (SSSR count). The average molecular weight is 1650 g/mol. The lowest BCUT2D eigenvalue weighted by atomic mass is 10.0. The number of hydrogen-bond donors (Lipinski definition) is 8. The molecule has 6 aliphatic rings. The zero-order chi connectivity index (χ0) is 87.7. The number of nitrogens with two attached hydrogens (primary N) is 2. The highest BCUT2D eigenvalue weighted by Crippen LogP contribution is 2.39. The third-order valence-corrected chi connectivity index (χ3v) is 20.3. The van der Waals surface area contributed by atoms with Gasteiger partial charge in [0.1, 0.15) is 42.5 Å². The number of imidazole rings is 3. The maximum Gasteiger partial charge on any atom is 0.407 e. The Morgan fingerprint density at radius 1 is 0.530 bits per heavy atom. The number of likely N-dealkylation sites (N-methyl/N-ethyl adjacent to an activating group) is 3. The van der Waals surface area contributed by atoms with E-state index in [4.69, 9.17) is 26.0 Å². The second-order valence-electron chi connectivity index (χ2n) is 32.4. The number of alkyl carbamates (subject to hydrolysis) is 3. The van der Waals surface area contributed by atoms with Gasteiger partial charge in [0.05, 0.1) is 102 Å².